The molecule has 3 aliphatic carbocycles. The van der Waals surface area contributed by atoms with Crippen LogP contribution in [-0.2, 0) is 0 Å². The average Bonchev–Trinajstić information content (AvgIpc) is 2.68. The normalized spacial score (nSPS) is 43.5. The molecule has 0 aromatic heterocycles. The monoisotopic (exact) mass is 418 g/mol. The van der Waals surface area contributed by atoms with Gasteiger partial charge in [-0.1, -0.05) is 69.2 Å². The van der Waals surface area contributed by atoms with E-state index >= 15 is 0 Å². The molecule has 3 rings (SSSR count). The van der Waals surface area contributed by atoms with Gasteiger partial charge in [0.1, 0.15) is 0 Å². The van der Waals surface area contributed by atoms with Crippen molar-refractivity contribution in [2.45, 2.75) is 88.5 Å². The van der Waals surface area contributed by atoms with Crippen molar-refractivity contribution in [2.75, 3.05) is 6.61 Å². The van der Waals surface area contributed by atoms with E-state index in [0.717, 1.165) is 82.9 Å². The Morgan fingerprint density at radius 2 is 0.933 bits per heavy atom. The third-order valence-corrected chi connectivity index (χ3v) is 11.1. The Hall–Kier alpha value is -0.0400. The van der Waals surface area contributed by atoms with Crippen LogP contribution in [0, 0.1) is 88.8 Å². The maximum Gasteiger partial charge on any atom is 0.0464 e. The third kappa shape index (κ3) is 4.15. The summed E-state index contributed by atoms with van der Waals surface area (Å²) in [5.74, 6) is 11.6. The second-order valence-corrected chi connectivity index (χ2v) is 13.4. The molecule has 0 saturated heterocycles. The topological polar surface area (TPSA) is 20.2 Å². The lowest BCUT2D eigenvalue weighted by Crippen LogP contribution is -2.60. The van der Waals surface area contributed by atoms with E-state index in [9.17, 15) is 5.11 Å². The first-order valence-corrected chi connectivity index (χ1v) is 13.6. The first-order valence-electron chi connectivity index (χ1n) is 13.6. The summed E-state index contributed by atoms with van der Waals surface area (Å²) in [6.07, 6.45) is 4.33. The van der Waals surface area contributed by atoms with Crippen LogP contribution < -0.4 is 0 Å². The van der Waals surface area contributed by atoms with E-state index in [0.29, 0.717) is 12.5 Å². The van der Waals surface area contributed by atoms with Crippen LogP contribution in [-0.4, -0.2) is 11.7 Å². The van der Waals surface area contributed by atoms with Gasteiger partial charge in [-0.05, 0) is 108 Å². The first kappa shape index (κ1) is 24.6. The Balaban J connectivity index is 2.10. The number of rotatable bonds is 7. The van der Waals surface area contributed by atoms with Crippen LogP contribution in [0.15, 0.2) is 0 Å². The molecule has 1 nitrogen and oxygen atoms in total. The average molecular weight is 419 g/mol. The second-order valence-electron chi connectivity index (χ2n) is 13.4. The minimum absolute atomic E-state index is 0.431. The highest BCUT2D eigenvalue weighted by molar-refractivity contribution is 5.08. The molecular formula is C29H54O. The van der Waals surface area contributed by atoms with Crippen LogP contribution in [0.5, 0.6) is 0 Å². The zero-order valence-electron chi connectivity index (χ0n) is 21.9. The number of fused-ring (bicyclic) bond motifs is 6. The number of aliphatic hydroxyl groups excluding tert-OH is 1. The van der Waals surface area contributed by atoms with Gasteiger partial charge in [0, 0.05) is 6.61 Å². The van der Waals surface area contributed by atoms with E-state index in [-0.39, 0.29) is 0 Å². The summed E-state index contributed by atoms with van der Waals surface area (Å²) in [5, 5.41) is 10.9. The fourth-order valence-corrected chi connectivity index (χ4v) is 8.90. The maximum absolute atomic E-state index is 10.9. The van der Waals surface area contributed by atoms with E-state index in [1.807, 2.05) is 0 Å². The Morgan fingerprint density at radius 1 is 0.567 bits per heavy atom. The van der Waals surface area contributed by atoms with Gasteiger partial charge >= 0.3 is 0 Å². The van der Waals surface area contributed by atoms with Crippen LogP contribution in [0.2, 0.25) is 0 Å². The van der Waals surface area contributed by atoms with Crippen LogP contribution in [0.1, 0.15) is 88.5 Å². The Morgan fingerprint density at radius 3 is 1.23 bits per heavy atom. The molecule has 0 spiro atoms. The zero-order chi connectivity index (χ0) is 22.5. The Kier molecular flexibility index (Phi) is 7.74. The minimum atomic E-state index is 0.431. The number of hydrogen-bond donors (Lipinski definition) is 1. The molecule has 10 unspecified atom stereocenters. The lowest BCUT2D eigenvalue weighted by Gasteiger charge is -2.65. The van der Waals surface area contributed by atoms with Gasteiger partial charge in [0.15, 0.2) is 0 Å². The van der Waals surface area contributed by atoms with Gasteiger partial charge in [-0.2, -0.15) is 0 Å². The molecule has 10 atom stereocenters. The van der Waals surface area contributed by atoms with Crippen molar-refractivity contribution in [1.82, 2.24) is 0 Å². The molecule has 0 amide bonds. The highest BCUT2D eigenvalue weighted by atomic mass is 16.3. The highest BCUT2D eigenvalue weighted by Crippen LogP contribution is 2.66. The summed E-state index contributed by atoms with van der Waals surface area (Å²) < 4.78 is 0. The number of hydrogen-bond acceptors (Lipinski definition) is 1. The highest BCUT2D eigenvalue weighted by Gasteiger charge is 2.60. The van der Waals surface area contributed by atoms with E-state index in [2.05, 4.69) is 69.2 Å². The van der Waals surface area contributed by atoms with Gasteiger partial charge in [0.05, 0.1) is 0 Å². The molecule has 4 bridgehead atoms. The molecular weight excluding hydrogens is 364 g/mol. The van der Waals surface area contributed by atoms with Gasteiger partial charge in [-0.25, -0.2) is 0 Å². The van der Waals surface area contributed by atoms with Crippen LogP contribution in [0.25, 0.3) is 0 Å². The summed E-state index contributed by atoms with van der Waals surface area (Å²) in [5.41, 5.74) is 0. The molecule has 0 aromatic rings. The van der Waals surface area contributed by atoms with Crippen molar-refractivity contribution in [3.05, 3.63) is 0 Å². The molecule has 0 heterocycles. The van der Waals surface area contributed by atoms with Crippen molar-refractivity contribution in [2.24, 2.45) is 88.8 Å². The Labute approximate surface area is 189 Å². The van der Waals surface area contributed by atoms with Crippen molar-refractivity contribution in [3.63, 3.8) is 0 Å². The number of aliphatic hydroxyl groups is 1. The molecule has 3 aliphatic rings. The molecule has 1 heteroatoms. The summed E-state index contributed by atoms with van der Waals surface area (Å²) >= 11 is 0. The minimum Gasteiger partial charge on any atom is -0.396 e. The smallest absolute Gasteiger partial charge is 0.0464 e. The molecule has 176 valence electrons. The van der Waals surface area contributed by atoms with Gasteiger partial charge in [0.2, 0.25) is 0 Å². The van der Waals surface area contributed by atoms with Crippen LogP contribution in [0.4, 0.5) is 0 Å². The summed E-state index contributed by atoms with van der Waals surface area (Å²) in [6.45, 7) is 25.2. The maximum atomic E-state index is 10.9. The summed E-state index contributed by atoms with van der Waals surface area (Å²) in [4.78, 5) is 0. The molecule has 30 heavy (non-hydrogen) atoms. The van der Waals surface area contributed by atoms with Crippen LogP contribution >= 0.6 is 0 Å². The first-order chi connectivity index (χ1) is 14.0. The molecule has 3 saturated carbocycles. The SMILES string of the molecule is CC(C)C(C)C1CC(C(C)C(C)C)C2C3CC(C(C(C)C)CC3C(C)C)C1C2CO. The van der Waals surface area contributed by atoms with Gasteiger partial charge in [0.25, 0.3) is 0 Å². The summed E-state index contributed by atoms with van der Waals surface area (Å²) in [7, 11) is 0. The lowest BCUT2D eigenvalue weighted by molar-refractivity contribution is -0.182. The van der Waals surface area contributed by atoms with Crippen molar-refractivity contribution >= 4 is 0 Å². The van der Waals surface area contributed by atoms with E-state index in [1.165, 1.54) is 19.3 Å². The standard InChI is InChI=1S/C29H54O/c1-15(2)19(9)23-12-24(20(10)16(3)4)29-26-13-25(28(23)27(29)14-30)21(17(5)6)11-22(26)18(7)8/h15-30H,11-14H2,1-10H3. The summed E-state index contributed by atoms with van der Waals surface area (Å²) in [6, 6.07) is 0. The van der Waals surface area contributed by atoms with Gasteiger partial charge in [-0.15, -0.1) is 0 Å². The van der Waals surface area contributed by atoms with E-state index in [1.54, 1.807) is 0 Å². The molecule has 0 aliphatic heterocycles. The molecule has 1 N–H and O–H groups in total. The molecule has 0 aromatic carbocycles. The second kappa shape index (κ2) is 9.44. The van der Waals surface area contributed by atoms with Crippen molar-refractivity contribution in [3.8, 4) is 0 Å². The van der Waals surface area contributed by atoms with E-state index in [4.69, 9.17) is 0 Å². The molecule has 0 radical (unpaired) electrons. The third-order valence-electron chi connectivity index (χ3n) is 11.1. The molecule has 3 fully saturated rings. The van der Waals surface area contributed by atoms with Gasteiger partial charge < -0.3 is 5.11 Å². The Bertz CT molecular complexity index is 505. The fraction of sp³-hybridized carbons (Fsp3) is 1.00. The quantitative estimate of drug-likeness (QED) is 0.450. The predicted octanol–water partition coefficient (Wildman–Crippen LogP) is 7.63. The largest absolute Gasteiger partial charge is 0.396 e. The van der Waals surface area contributed by atoms with E-state index < -0.39 is 0 Å². The predicted molar refractivity (Wildman–Crippen MR) is 130 cm³/mol. The van der Waals surface area contributed by atoms with Crippen molar-refractivity contribution < 1.29 is 5.11 Å². The van der Waals surface area contributed by atoms with Crippen LogP contribution in [0.3, 0.4) is 0 Å². The van der Waals surface area contributed by atoms with Gasteiger partial charge in [-0.3, -0.25) is 0 Å². The fourth-order valence-electron chi connectivity index (χ4n) is 8.90. The van der Waals surface area contributed by atoms with Crippen molar-refractivity contribution in [1.29, 1.82) is 0 Å². The lowest BCUT2D eigenvalue weighted by atomic mass is 9.40. The zero-order valence-corrected chi connectivity index (χ0v) is 21.9.